The van der Waals surface area contributed by atoms with Crippen LogP contribution in [0.2, 0.25) is 5.02 Å². The number of halogens is 4. The Hall–Kier alpha value is -2.83. The largest absolute Gasteiger partial charge is 0.495 e. The van der Waals surface area contributed by atoms with Crippen molar-refractivity contribution >= 4 is 39.2 Å². The summed E-state index contributed by atoms with van der Waals surface area (Å²) in [6.45, 7) is -1.07. The molecule has 0 fully saturated rings. The molecule has 2 rings (SSSR count). The number of anilines is 1. The smallest absolute Gasteiger partial charge is 0.416 e. The van der Waals surface area contributed by atoms with Crippen LogP contribution in [0, 0.1) is 0 Å². The summed E-state index contributed by atoms with van der Waals surface area (Å²) in [6.07, 6.45) is -5.15. The first-order valence-electron chi connectivity index (χ1n) is 8.88. The molecule has 0 radical (unpaired) electrons. The molecule has 0 aromatic heterocycles. The maximum atomic E-state index is 12.7. The van der Waals surface area contributed by atoms with Crippen LogP contribution >= 0.6 is 11.6 Å². The summed E-state index contributed by atoms with van der Waals surface area (Å²) < 4.78 is 74.2. The first kappa shape index (κ1) is 25.4. The molecule has 1 amide bonds. The van der Waals surface area contributed by atoms with Crippen molar-refractivity contribution in [2.75, 3.05) is 25.6 Å². The summed E-state index contributed by atoms with van der Waals surface area (Å²) >= 11 is 5.94. The molecule has 0 aliphatic heterocycles. The Bertz CT molecular complexity index is 1090. The van der Waals surface area contributed by atoms with E-state index in [1.807, 2.05) is 4.72 Å². The average Bonchev–Trinajstić information content (AvgIpc) is 2.72. The van der Waals surface area contributed by atoms with E-state index in [1.54, 1.807) is 0 Å². The summed E-state index contributed by atoms with van der Waals surface area (Å²) in [7, 11) is -2.85. The molecule has 0 saturated heterocycles. The zero-order chi connectivity index (χ0) is 23.9. The lowest BCUT2D eigenvalue weighted by molar-refractivity contribution is -0.147. The number of benzene rings is 2. The number of carbonyl (C=O) groups is 2. The zero-order valence-electron chi connectivity index (χ0n) is 16.5. The molecule has 2 aromatic carbocycles. The minimum absolute atomic E-state index is 0.260. The fourth-order valence-electron chi connectivity index (χ4n) is 2.37. The van der Waals surface area contributed by atoms with Gasteiger partial charge in [-0.3, -0.25) is 9.59 Å². The molecular weight excluding hydrogens is 477 g/mol. The Morgan fingerprint density at radius 3 is 2.47 bits per heavy atom. The van der Waals surface area contributed by atoms with Gasteiger partial charge in [-0.15, -0.1) is 0 Å². The molecule has 0 atom stereocenters. The van der Waals surface area contributed by atoms with Crippen LogP contribution in [0.25, 0.3) is 0 Å². The second-order valence-corrected chi connectivity index (χ2v) is 8.41. The topological polar surface area (TPSA) is 111 Å². The summed E-state index contributed by atoms with van der Waals surface area (Å²) in [5.74, 6) is -1.15. The van der Waals surface area contributed by atoms with Gasteiger partial charge in [0.25, 0.3) is 5.91 Å². The van der Waals surface area contributed by atoms with Crippen LogP contribution in [0.5, 0.6) is 5.75 Å². The fraction of sp³-hybridized carbons (Fsp3) is 0.263. The number of hydrogen-bond acceptors (Lipinski definition) is 6. The Kier molecular flexibility index (Phi) is 8.47. The first-order valence-corrected chi connectivity index (χ1v) is 10.7. The van der Waals surface area contributed by atoms with Crippen molar-refractivity contribution in [2.45, 2.75) is 17.5 Å². The number of nitrogens with one attached hydrogen (secondary N) is 2. The van der Waals surface area contributed by atoms with Crippen LogP contribution in [-0.4, -0.2) is 40.6 Å². The van der Waals surface area contributed by atoms with E-state index in [1.165, 1.54) is 25.3 Å². The van der Waals surface area contributed by atoms with Crippen LogP contribution in [0.15, 0.2) is 47.4 Å². The molecule has 8 nitrogen and oxygen atoms in total. The lowest BCUT2D eigenvalue weighted by Gasteiger charge is -2.10. The second-order valence-electron chi connectivity index (χ2n) is 6.23. The van der Waals surface area contributed by atoms with Crippen LogP contribution in [0.4, 0.5) is 18.9 Å². The van der Waals surface area contributed by atoms with Gasteiger partial charge in [0.2, 0.25) is 10.0 Å². The van der Waals surface area contributed by atoms with Crippen LogP contribution in [0.1, 0.15) is 12.0 Å². The molecule has 2 aromatic rings. The number of carbonyl (C=O) groups excluding carboxylic acids is 2. The van der Waals surface area contributed by atoms with Crippen molar-refractivity contribution in [1.82, 2.24) is 4.72 Å². The molecule has 0 aliphatic carbocycles. The molecule has 0 aliphatic rings. The molecule has 2 N–H and O–H groups in total. The van der Waals surface area contributed by atoms with Gasteiger partial charge in [0.15, 0.2) is 6.61 Å². The quantitative estimate of drug-likeness (QED) is 0.518. The Balaban J connectivity index is 1.80. The standard InChI is InChI=1S/C19H18ClF3N2O6S/c1-30-16-6-5-13(10-15(16)20)25-17(26)11-31-18(27)7-8-24-32(28,29)14-4-2-3-12(9-14)19(21,22)23/h2-6,9-10,24H,7-8,11H2,1H3,(H,25,26). The summed E-state index contributed by atoms with van der Waals surface area (Å²) in [4.78, 5) is 23.0. The number of methoxy groups -OCH3 is 1. The van der Waals surface area contributed by atoms with Crippen LogP contribution < -0.4 is 14.8 Å². The summed E-state index contributed by atoms with van der Waals surface area (Å²) in [5.41, 5.74) is -0.783. The van der Waals surface area contributed by atoms with Crippen molar-refractivity contribution < 1.29 is 40.7 Å². The van der Waals surface area contributed by atoms with Gasteiger partial charge >= 0.3 is 12.1 Å². The minimum Gasteiger partial charge on any atom is -0.495 e. The van der Waals surface area contributed by atoms with Gasteiger partial charge in [-0.2, -0.15) is 13.2 Å². The van der Waals surface area contributed by atoms with E-state index in [-0.39, 0.29) is 5.02 Å². The highest BCUT2D eigenvalue weighted by Crippen LogP contribution is 2.30. The molecule has 0 bridgehead atoms. The number of hydrogen-bond donors (Lipinski definition) is 2. The molecule has 32 heavy (non-hydrogen) atoms. The van der Waals surface area contributed by atoms with Crippen molar-refractivity contribution in [3.05, 3.63) is 53.1 Å². The highest BCUT2D eigenvalue weighted by atomic mass is 35.5. The lowest BCUT2D eigenvalue weighted by atomic mass is 10.2. The van der Waals surface area contributed by atoms with E-state index in [4.69, 9.17) is 21.1 Å². The third kappa shape index (κ3) is 7.39. The number of sulfonamides is 1. The van der Waals surface area contributed by atoms with Gasteiger partial charge in [-0.05, 0) is 36.4 Å². The molecule has 0 unspecified atom stereocenters. The predicted octanol–water partition coefficient (Wildman–Crippen LogP) is 3.22. The summed E-state index contributed by atoms with van der Waals surface area (Å²) in [5, 5.41) is 2.71. The first-order chi connectivity index (χ1) is 14.9. The normalized spacial score (nSPS) is 11.7. The molecule has 0 spiro atoms. The monoisotopic (exact) mass is 494 g/mol. The third-order valence-electron chi connectivity index (χ3n) is 3.89. The third-order valence-corrected chi connectivity index (χ3v) is 5.65. The van der Waals surface area contributed by atoms with Gasteiger partial charge in [-0.25, -0.2) is 13.1 Å². The highest BCUT2D eigenvalue weighted by Gasteiger charge is 2.31. The van der Waals surface area contributed by atoms with Crippen molar-refractivity contribution in [2.24, 2.45) is 0 Å². The SMILES string of the molecule is COc1ccc(NC(=O)COC(=O)CCNS(=O)(=O)c2cccc(C(F)(F)F)c2)cc1Cl. The van der Waals surface area contributed by atoms with Crippen LogP contribution in [-0.2, 0) is 30.5 Å². The van der Waals surface area contributed by atoms with E-state index >= 15 is 0 Å². The molecule has 0 heterocycles. The highest BCUT2D eigenvalue weighted by molar-refractivity contribution is 7.89. The molecular formula is C19H18ClF3N2O6S. The van der Waals surface area contributed by atoms with Crippen molar-refractivity contribution in [3.63, 3.8) is 0 Å². The van der Waals surface area contributed by atoms with Gasteiger partial charge in [0, 0.05) is 12.2 Å². The van der Waals surface area contributed by atoms with Crippen molar-refractivity contribution in [3.8, 4) is 5.75 Å². The van der Waals surface area contributed by atoms with E-state index in [2.05, 4.69) is 5.32 Å². The van der Waals surface area contributed by atoms with E-state index in [0.29, 0.717) is 17.5 Å². The maximum absolute atomic E-state index is 12.7. The number of alkyl halides is 3. The maximum Gasteiger partial charge on any atom is 0.416 e. The van der Waals surface area contributed by atoms with E-state index in [9.17, 15) is 31.2 Å². The fourth-order valence-corrected chi connectivity index (χ4v) is 3.70. The molecule has 174 valence electrons. The van der Waals surface area contributed by atoms with Crippen molar-refractivity contribution in [1.29, 1.82) is 0 Å². The number of ether oxygens (including phenoxy) is 2. The molecule has 13 heteroatoms. The number of esters is 1. The number of amides is 1. The number of rotatable bonds is 9. The molecule has 0 saturated carbocycles. The Morgan fingerprint density at radius 1 is 1.12 bits per heavy atom. The Labute approximate surface area is 186 Å². The zero-order valence-corrected chi connectivity index (χ0v) is 18.1. The predicted molar refractivity (Wildman–Crippen MR) is 109 cm³/mol. The van der Waals surface area contributed by atoms with Gasteiger partial charge in [0.1, 0.15) is 5.75 Å². The van der Waals surface area contributed by atoms with Gasteiger partial charge in [-0.1, -0.05) is 17.7 Å². The minimum atomic E-state index is -4.70. The summed E-state index contributed by atoms with van der Waals surface area (Å²) in [6, 6.07) is 7.65. The lowest BCUT2D eigenvalue weighted by Crippen LogP contribution is -2.28. The van der Waals surface area contributed by atoms with Crippen LogP contribution in [0.3, 0.4) is 0 Å². The Morgan fingerprint density at radius 2 is 1.84 bits per heavy atom. The van der Waals surface area contributed by atoms with E-state index in [0.717, 1.165) is 18.2 Å². The van der Waals surface area contributed by atoms with Gasteiger partial charge < -0.3 is 14.8 Å². The van der Waals surface area contributed by atoms with E-state index < -0.39 is 58.1 Å². The average molecular weight is 495 g/mol. The second kappa shape index (κ2) is 10.7. The van der Waals surface area contributed by atoms with Gasteiger partial charge in [0.05, 0.1) is 29.0 Å².